The van der Waals surface area contributed by atoms with Crippen LogP contribution in [0.3, 0.4) is 0 Å². The van der Waals surface area contributed by atoms with Crippen molar-refractivity contribution in [2.45, 2.75) is 73.8 Å². The molecule has 0 rings (SSSR count). The standard InChI is InChI=1S/3C6H13Cl2N.H3O4P/c3*1-5(7)3-9-4-6(2)8;1-5(2,3)4/h3*5-6,9H,3-4H2,1-2H3;(H3,1,2,3,4). The summed E-state index contributed by atoms with van der Waals surface area (Å²) in [5, 5.41) is 10.5. The Morgan fingerprint density at radius 1 is 0.500 bits per heavy atom. The van der Waals surface area contributed by atoms with Gasteiger partial charge in [0.25, 0.3) is 0 Å². The van der Waals surface area contributed by atoms with E-state index in [0.717, 1.165) is 39.3 Å². The molecule has 0 bridgehead atoms. The fourth-order valence-corrected chi connectivity index (χ4v) is 2.10. The van der Waals surface area contributed by atoms with Crippen LogP contribution < -0.4 is 16.0 Å². The number of hydrogen-bond donors (Lipinski definition) is 6. The first-order chi connectivity index (χ1) is 14.4. The van der Waals surface area contributed by atoms with Crippen LogP contribution in [0.15, 0.2) is 0 Å². The molecule has 0 saturated carbocycles. The highest BCUT2D eigenvalue weighted by molar-refractivity contribution is 7.45. The highest BCUT2D eigenvalue weighted by Gasteiger charge is 2.00. The maximum absolute atomic E-state index is 8.88. The number of halogens is 6. The summed E-state index contributed by atoms with van der Waals surface area (Å²) in [7, 11) is -4.64. The molecular weight excluding hydrogens is 566 g/mol. The van der Waals surface area contributed by atoms with Gasteiger partial charge in [0.15, 0.2) is 0 Å². The molecule has 6 unspecified atom stereocenters. The van der Waals surface area contributed by atoms with E-state index < -0.39 is 7.82 Å². The van der Waals surface area contributed by atoms with Crippen LogP contribution in [0.5, 0.6) is 0 Å². The first kappa shape index (κ1) is 40.9. The second-order valence-electron chi connectivity index (χ2n) is 7.17. The van der Waals surface area contributed by atoms with Gasteiger partial charge in [-0.15, -0.1) is 69.6 Å². The van der Waals surface area contributed by atoms with Crippen molar-refractivity contribution in [1.82, 2.24) is 16.0 Å². The van der Waals surface area contributed by atoms with E-state index in [9.17, 15) is 0 Å². The number of phosphoric acid groups is 1. The molecule has 0 aliphatic heterocycles. The summed E-state index contributed by atoms with van der Waals surface area (Å²) in [6.07, 6.45) is 0. The molecule has 0 aromatic heterocycles. The SMILES string of the molecule is CC(Cl)CNCC(C)Cl.CC(Cl)CNCC(C)Cl.CC(Cl)CNCC(C)Cl.O=P(O)(O)O. The highest BCUT2D eigenvalue weighted by atomic mass is 35.5. The summed E-state index contributed by atoms with van der Waals surface area (Å²) >= 11 is 33.9. The Kier molecular flexibility index (Phi) is 34.9. The largest absolute Gasteiger partial charge is 0.466 e. The van der Waals surface area contributed by atoms with E-state index in [0.29, 0.717) is 0 Å². The third kappa shape index (κ3) is 77.0. The van der Waals surface area contributed by atoms with Gasteiger partial charge in [0.05, 0.1) is 0 Å². The van der Waals surface area contributed by atoms with E-state index in [2.05, 4.69) is 16.0 Å². The van der Waals surface area contributed by atoms with Gasteiger partial charge in [-0.2, -0.15) is 0 Å². The molecule has 0 fully saturated rings. The van der Waals surface area contributed by atoms with Crippen molar-refractivity contribution >= 4 is 77.4 Å². The zero-order valence-electron chi connectivity index (χ0n) is 19.7. The van der Waals surface area contributed by atoms with Crippen LogP contribution >= 0.6 is 77.4 Å². The summed E-state index contributed by atoms with van der Waals surface area (Å²) in [5.74, 6) is 0. The molecule has 0 aliphatic rings. The first-order valence-electron chi connectivity index (χ1n) is 10.1. The molecule has 0 amide bonds. The summed E-state index contributed by atoms with van der Waals surface area (Å²) in [6, 6.07) is 0. The topological polar surface area (TPSA) is 114 Å². The summed E-state index contributed by atoms with van der Waals surface area (Å²) in [4.78, 5) is 21.6. The van der Waals surface area contributed by atoms with Crippen molar-refractivity contribution in [3.63, 3.8) is 0 Å². The maximum atomic E-state index is 8.88. The van der Waals surface area contributed by atoms with Gasteiger partial charge >= 0.3 is 7.82 Å². The van der Waals surface area contributed by atoms with Crippen molar-refractivity contribution in [2.24, 2.45) is 0 Å². The Morgan fingerprint density at radius 2 is 0.594 bits per heavy atom. The molecule has 6 atom stereocenters. The monoisotopic (exact) mass is 605 g/mol. The number of rotatable bonds is 12. The van der Waals surface area contributed by atoms with Crippen molar-refractivity contribution in [3.05, 3.63) is 0 Å². The first-order valence-corrected chi connectivity index (χ1v) is 14.3. The van der Waals surface area contributed by atoms with Gasteiger partial charge in [0, 0.05) is 71.5 Å². The Hall–Kier alpha value is 1.73. The number of alkyl halides is 6. The molecule has 0 heterocycles. The quantitative estimate of drug-likeness (QED) is 0.142. The Balaban J connectivity index is -0.000000167. The molecule has 200 valence electrons. The fourth-order valence-electron chi connectivity index (χ4n) is 1.44. The second kappa shape index (κ2) is 27.3. The third-order valence-corrected chi connectivity index (χ3v) is 3.48. The Labute approximate surface area is 224 Å². The Bertz CT molecular complexity index is 343. The van der Waals surface area contributed by atoms with Crippen LogP contribution in [0, 0.1) is 0 Å². The van der Waals surface area contributed by atoms with Gasteiger partial charge in [0.1, 0.15) is 0 Å². The predicted octanol–water partition coefficient (Wildman–Crippen LogP) is 4.56. The molecule has 0 aromatic rings. The van der Waals surface area contributed by atoms with E-state index in [-0.39, 0.29) is 32.3 Å². The molecular formula is C18H42Cl6N3O4P. The van der Waals surface area contributed by atoms with E-state index in [1.54, 1.807) is 0 Å². The van der Waals surface area contributed by atoms with Gasteiger partial charge in [-0.05, 0) is 41.5 Å². The molecule has 0 spiro atoms. The van der Waals surface area contributed by atoms with E-state index in [1.165, 1.54) is 0 Å². The van der Waals surface area contributed by atoms with Crippen LogP contribution in [0.25, 0.3) is 0 Å². The van der Waals surface area contributed by atoms with E-state index >= 15 is 0 Å². The summed E-state index contributed by atoms with van der Waals surface area (Å²) in [6.45, 7) is 16.7. The zero-order chi connectivity index (χ0) is 26.3. The predicted molar refractivity (Wildman–Crippen MR) is 145 cm³/mol. The summed E-state index contributed by atoms with van der Waals surface area (Å²) in [5.41, 5.74) is 0. The normalized spacial score (nSPS) is 16.5. The van der Waals surface area contributed by atoms with Gasteiger partial charge in [0.2, 0.25) is 0 Å². The highest BCUT2D eigenvalue weighted by Crippen LogP contribution is 2.25. The van der Waals surface area contributed by atoms with Gasteiger partial charge in [-0.1, -0.05) is 0 Å². The molecule has 32 heavy (non-hydrogen) atoms. The molecule has 0 aliphatic carbocycles. The maximum Gasteiger partial charge on any atom is 0.466 e. The molecule has 6 N–H and O–H groups in total. The zero-order valence-corrected chi connectivity index (χ0v) is 25.1. The van der Waals surface area contributed by atoms with E-state index in [1.807, 2.05) is 41.5 Å². The average Bonchev–Trinajstić information content (AvgIpc) is 2.52. The minimum Gasteiger partial charge on any atom is -0.314 e. The van der Waals surface area contributed by atoms with Crippen molar-refractivity contribution in [3.8, 4) is 0 Å². The van der Waals surface area contributed by atoms with Crippen molar-refractivity contribution < 1.29 is 19.2 Å². The number of hydrogen-bond acceptors (Lipinski definition) is 4. The third-order valence-electron chi connectivity index (χ3n) is 2.55. The van der Waals surface area contributed by atoms with Gasteiger partial charge in [-0.25, -0.2) is 4.57 Å². The minimum absolute atomic E-state index is 0.195. The molecule has 7 nitrogen and oxygen atoms in total. The lowest BCUT2D eigenvalue weighted by Crippen LogP contribution is -2.26. The molecule has 0 saturated heterocycles. The molecule has 0 radical (unpaired) electrons. The van der Waals surface area contributed by atoms with Crippen LogP contribution in [0.1, 0.15) is 41.5 Å². The van der Waals surface area contributed by atoms with Crippen molar-refractivity contribution in [1.29, 1.82) is 0 Å². The average molecular weight is 608 g/mol. The van der Waals surface area contributed by atoms with Crippen LogP contribution in [-0.2, 0) is 4.57 Å². The lowest BCUT2D eigenvalue weighted by Gasteiger charge is -2.06. The lowest BCUT2D eigenvalue weighted by molar-refractivity contribution is 0.275. The van der Waals surface area contributed by atoms with Crippen LogP contribution in [-0.4, -0.2) is 86.2 Å². The number of nitrogens with one attached hydrogen (secondary N) is 3. The smallest absolute Gasteiger partial charge is 0.314 e. The fraction of sp³-hybridized carbons (Fsp3) is 1.00. The van der Waals surface area contributed by atoms with Crippen LogP contribution in [0.2, 0.25) is 0 Å². The summed E-state index contributed by atoms with van der Waals surface area (Å²) < 4.78 is 8.88. The molecule has 0 aromatic carbocycles. The van der Waals surface area contributed by atoms with Gasteiger partial charge in [-0.3, -0.25) is 0 Å². The second-order valence-corrected chi connectivity index (χ2v) is 12.7. The van der Waals surface area contributed by atoms with Crippen molar-refractivity contribution in [2.75, 3.05) is 39.3 Å². The van der Waals surface area contributed by atoms with Gasteiger partial charge < -0.3 is 30.6 Å². The lowest BCUT2D eigenvalue weighted by atomic mass is 10.4. The molecule has 14 heteroatoms. The Morgan fingerprint density at radius 3 is 0.656 bits per heavy atom. The van der Waals surface area contributed by atoms with Crippen LogP contribution in [0.4, 0.5) is 0 Å². The minimum atomic E-state index is -4.64. The van der Waals surface area contributed by atoms with E-state index in [4.69, 9.17) is 88.9 Å².